The molecular weight excluding hydrogens is 220 g/mol. The first-order chi connectivity index (χ1) is 8.08. The molecule has 1 rings (SSSR count). The van der Waals surface area contributed by atoms with Crippen molar-refractivity contribution in [1.29, 1.82) is 0 Å². The smallest absolute Gasteiger partial charge is 0.311 e. The highest BCUT2D eigenvalue weighted by Gasteiger charge is 2.17. The third-order valence-corrected chi connectivity index (χ3v) is 2.25. The topological polar surface area (TPSA) is 64.4 Å². The van der Waals surface area contributed by atoms with Gasteiger partial charge in [-0.1, -0.05) is 18.7 Å². The maximum absolute atomic E-state index is 10.9. The minimum atomic E-state index is -0.440. The Balaban J connectivity index is 3.03. The van der Waals surface area contributed by atoms with Crippen molar-refractivity contribution in [2.45, 2.75) is 19.6 Å². The van der Waals surface area contributed by atoms with Gasteiger partial charge in [0.2, 0.25) is 0 Å². The number of nitro benzene ring substituents is 1. The van der Waals surface area contributed by atoms with Crippen molar-refractivity contribution in [3.63, 3.8) is 0 Å². The molecule has 5 heteroatoms. The summed E-state index contributed by atoms with van der Waals surface area (Å²) < 4.78 is 5.41. The summed E-state index contributed by atoms with van der Waals surface area (Å²) in [7, 11) is 1.79. The Hall–Kier alpha value is -1.88. The predicted octanol–water partition coefficient (Wildman–Crippen LogP) is 2.27. The molecule has 0 saturated heterocycles. The van der Waals surface area contributed by atoms with Gasteiger partial charge < -0.3 is 10.1 Å². The Kier molecular flexibility index (Phi) is 4.66. The molecule has 0 bridgehead atoms. The lowest BCUT2D eigenvalue weighted by Gasteiger charge is -2.11. The Morgan fingerprint density at radius 2 is 2.35 bits per heavy atom. The summed E-state index contributed by atoms with van der Waals surface area (Å²) in [6.07, 6.45) is 1.33. The maximum Gasteiger partial charge on any atom is 0.311 e. The highest BCUT2D eigenvalue weighted by Crippen LogP contribution is 2.28. The molecule has 1 N–H and O–H groups in total. The van der Waals surface area contributed by atoms with Gasteiger partial charge in [0.1, 0.15) is 6.10 Å². The van der Waals surface area contributed by atoms with Gasteiger partial charge in [0.05, 0.1) is 4.92 Å². The molecule has 5 nitrogen and oxygen atoms in total. The van der Waals surface area contributed by atoms with Crippen LogP contribution in [0.1, 0.15) is 12.5 Å². The SMILES string of the molecule is C=CC(C)Oc1ccc(CNC)cc1[N+](=O)[O-]. The van der Waals surface area contributed by atoms with Crippen LogP contribution in [0.4, 0.5) is 5.69 Å². The largest absolute Gasteiger partial charge is 0.480 e. The average Bonchev–Trinajstić information content (AvgIpc) is 2.31. The second kappa shape index (κ2) is 6.00. The van der Waals surface area contributed by atoms with Crippen molar-refractivity contribution < 1.29 is 9.66 Å². The summed E-state index contributed by atoms with van der Waals surface area (Å²) in [4.78, 5) is 10.5. The zero-order valence-corrected chi connectivity index (χ0v) is 9.97. The van der Waals surface area contributed by atoms with Gasteiger partial charge >= 0.3 is 5.69 Å². The summed E-state index contributed by atoms with van der Waals surface area (Å²) in [6, 6.07) is 4.93. The Morgan fingerprint density at radius 3 is 2.88 bits per heavy atom. The highest BCUT2D eigenvalue weighted by molar-refractivity contribution is 5.48. The monoisotopic (exact) mass is 236 g/mol. The summed E-state index contributed by atoms with van der Waals surface area (Å²) in [5, 5.41) is 13.9. The number of ether oxygens (including phenoxy) is 1. The second-order valence-corrected chi connectivity index (χ2v) is 3.65. The first-order valence-electron chi connectivity index (χ1n) is 5.29. The molecule has 1 atom stereocenters. The van der Waals surface area contributed by atoms with Gasteiger partial charge in [-0.3, -0.25) is 10.1 Å². The average molecular weight is 236 g/mol. The lowest BCUT2D eigenvalue weighted by Crippen LogP contribution is -2.10. The lowest BCUT2D eigenvalue weighted by atomic mass is 10.2. The lowest BCUT2D eigenvalue weighted by molar-refractivity contribution is -0.386. The number of rotatable bonds is 6. The molecule has 0 spiro atoms. The quantitative estimate of drug-likeness (QED) is 0.467. The van der Waals surface area contributed by atoms with Crippen molar-refractivity contribution in [2.24, 2.45) is 0 Å². The van der Waals surface area contributed by atoms with E-state index in [0.29, 0.717) is 6.54 Å². The minimum Gasteiger partial charge on any atom is -0.480 e. The molecule has 17 heavy (non-hydrogen) atoms. The molecule has 1 aromatic carbocycles. The van der Waals surface area contributed by atoms with E-state index in [1.54, 1.807) is 32.2 Å². The number of hydrogen-bond acceptors (Lipinski definition) is 4. The minimum absolute atomic E-state index is 0.0218. The molecule has 0 amide bonds. The number of nitro groups is 1. The van der Waals surface area contributed by atoms with Crippen molar-refractivity contribution in [2.75, 3.05) is 7.05 Å². The van der Waals surface area contributed by atoms with Crippen LogP contribution in [-0.2, 0) is 6.54 Å². The third-order valence-electron chi connectivity index (χ3n) is 2.25. The molecule has 0 aliphatic carbocycles. The zero-order chi connectivity index (χ0) is 12.8. The molecule has 0 aliphatic heterocycles. The summed E-state index contributed by atoms with van der Waals surface area (Å²) in [5.41, 5.74) is 0.823. The molecular formula is C12H16N2O3. The van der Waals surface area contributed by atoms with Crippen LogP contribution >= 0.6 is 0 Å². The molecule has 0 aromatic heterocycles. The second-order valence-electron chi connectivity index (χ2n) is 3.65. The Morgan fingerprint density at radius 1 is 1.65 bits per heavy atom. The molecule has 0 fully saturated rings. The number of benzene rings is 1. The molecule has 0 saturated carbocycles. The van der Waals surface area contributed by atoms with E-state index in [1.165, 1.54) is 6.07 Å². The fraction of sp³-hybridized carbons (Fsp3) is 0.333. The van der Waals surface area contributed by atoms with E-state index in [0.717, 1.165) is 5.56 Å². The fourth-order valence-electron chi connectivity index (χ4n) is 1.37. The van der Waals surface area contributed by atoms with E-state index in [2.05, 4.69) is 11.9 Å². The maximum atomic E-state index is 10.9. The van der Waals surface area contributed by atoms with Gasteiger partial charge in [-0.25, -0.2) is 0 Å². The van der Waals surface area contributed by atoms with Gasteiger partial charge in [-0.15, -0.1) is 0 Å². The van der Waals surface area contributed by atoms with Crippen LogP contribution in [0.15, 0.2) is 30.9 Å². The standard InChI is InChI=1S/C12H16N2O3/c1-4-9(2)17-12-6-5-10(8-13-3)7-11(12)14(15)16/h4-7,9,13H,1,8H2,2-3H3. The van der Waals surface area contributed by atoms with Gasteiger partial charge in [0, 0.05) is 12.6 Å². The van der Waals surface area contributed by atoms with Crippen LogP contribution in [0.25, 0.3) is 0 Å². The van der Waals surface area contributed by atoms with Gasteiger partial charge in [-0.2, -0.15) is 0 Å². The van der Waals surface area contributed by atoms with Crippen LogP contribution in [0.3, 0.4) is 0 Å². The van der Waals surface area contributed by atoms with Crippen molar-refractivity contribution >= 4 is 5.69 Å². The first kappa shape index (κ1) is 13.2. The number of nitrogens with zero attached hydrogens (tertiary/aromatic N) is 1. The van der Waals surface area contributed by atoms with Crippen LogP contribution in [-0.4, -0.2) is 18.1 Å². The van der Waals surface area contributed by atoms with Gasteiger partial charge in [0.25, 0.3) is 0 Å². The molecule has 1 unspecified atom stereocenters. The third kappa shape index (κ3) is 3.57. The fourth-order valence-corrected chi connectivity index (χ4v) is 1.37. The van der Waals surface area contributed by atoms with Crippen LogP contribution in [0.5, 0.6) is 5.75 Å². The molecule has 0 radical (unpaired) electrons. The Bertz CT molecular complexity index is 418. The zero-order valence-electron chi connectivity index (χ0n) is 9.97. The van der Waals surface area contributed by atoms with Crippen LogP contribution < -0.4 is 10.1 Å². The van der Waals surface area contributed by atoms with Crippen molar-refractivity contribution in [3.8, 4) is 5.75 Å². The predicted molar refractivity (Wildman–Crippen MR) is 66.1 cm³/mol. The highest BCUT2D eigenvalue weighted by atomic mass is 16.6. The van der Waals surface area contributed by atoms with E-state index in [9.17, 15) is 10.1 Å². The van der Waals surface area contributed by atoms with Crippen molar-refractivity contribution in [1.82, 2.24) is 5.32 Å². The van der Waals surface area contributed by atoms with Crippen LogP contribution in [0.2, 0.25) is 0 Å². The number of nitrogens with one attached hydrogen (secondary N) is 1. The van der Waals surface area contributed by atoms with E-state index in [4.69, 9.17) is 4.74 Å². The van der Waals surface area contributed by atoms with Crippen LogP contribution in [0, 0.1) is 10.1 Å². The summed E-state index contributed by atoms with van der Waals surface area (Å²) >= 11 is 0. The molecule has 92 valence electrons. The van der Waals surface area contributed by atoms with E-state index in [1.807, 2.05) is 0 Å². The van der Waals surface area contributed by atoms with E-state index in [-0.39, 0.29) is 17.5 Å². The van der Waals surface area contributed by atoms with E-state index >= 15 is 0 Å². The normalized spacial score (nSPS) is 11.9. The molecule has 0 aliphatic rings. The first-order valence-corrected chi connectivity index (χ1v) is 5.29. The Labute approximate surface area is 100 Å². The number of hydrogen-bond donors (Lipinski definition) is 1. The van der Waals surface area contributed by atoms with Gasteiger partial charge in [-0.05, 0) is 25.6 Å². The van der Waals surface area contributed by atoms with Crippen molar-refractivity contribution in [3.05, 3.63) is 46.5 Å². The molecule has 1 aromatic rings. The summed E-state index contributed by atoms with van der Waals surface area (Å²) in [6.45, 7) is 5.93. The van der Waals surface area contributed by atoms with E-state index < -0.39 is 4.92 Å². The summed E-state index contributed by atoms with van der Waals surface area (Å²) in [5.74, 6) is 0.266. The van der Waals surface area contributed by atoms with Gasteiger partial charge in [0.15, 0.2) is 5.75 Å². The molecule has 0 heterocycles.